The monoisotopic (exact) mass is 356 g/mol. The van der Waals surface area contributed by atoms with Crippen molar-refractivity contribution in [3.63, 3.8) is 0 Å². The van der Waals surface area contributed by atoms with Crippen molar-refractivity contribution in [2.75, 3.05) is 5.75 Å². The topological polar surface area (TPSA) is 75.3 Å². The van der Waals surface area contributed by atoms with Gasteiger partial charge in [-0.3, -0.25) is 4.79 Å². The molecule has 138 valence electrons. The van der Waals surface area contributed by atoms with Crippen LogP contribution in [0.3, 0.4) is 0 Å². The van der Waals surface area contributed by atoms with E-state index in [0.717, 1.165) is 37.5 Å². The van der Waals surface area contributed by atoms with E-state index in [1.165, 1.54) is 25.7 Å². The van der Waals surface area contributed by atoms with Crippen LogP contribution in [0.2, 0.25) is 0 Å². The zero-order valence-corrected chi connectivity index (χ0v) is 15.8. The van der Waals surface area contributed by atoms with Gasteiger partial charge in [0, 0.05) is 12.1 Å². The predicted octanol–water partition coefficient (Wildman–Crippen LogP) is 2.43. The Morgan fingerprint density at radius 3 is 2.38 bits per heavy atom. The van der Waals surface area contributed by atoms with Crippen molar-refractivity contribution in [2.45, 2.75) is 77.3 Å². The molecule has 2 N–H and O–H groups in total. The van der Waals surface area contributed by atoms with Gasteiger partial charge in [-0.1, -0.05) is 13.3 Å². The lowest BCUT2D eigenvalue weighted by molar-refractivity contribution is -0.119. The van der Waals surface area contributed by atoms with Crippen molar-refractivity contribution in [3.05, 3.63) is 0 Å². The standard InChI is InChI=1S/C18H32N2O3S/c1-12-3-7-16(8-4-12)20-24(22,23)11-18(21)19-13(2)17-10-14-5-6-15(17)9-14/h12-17,20H,3-11H2,1-2H3,(H,19,21). The van der Waals surface area contributed by atoms with Crippen LogP contribution in [0, 0.1) is 23.7 Å². The lowest BCUT2D eigenvalue weighted by Gasteiger charge is -2.29. The Morgan fingerprint density at radius 2 is 1.79 bits per heavy atom. The van der Waals surface area contributed by atoms with Gasteiger partial charge in [-0.2, -0.15) is 0 Å². The SMILES string of the molecule is CC1CCC(NS(=O)(=O)CC(=O)NC(C)C2CC3CCC2C3)CC1. The van der Waals surface area contributed by atoms with Crippen LogP contribution < -0.4 is 10.0 Å². The number of hydrogen-bond donors (Lipinski definition) is 2. The summed E-state index contributed by atoms with van der Waals surface area (Å²) < 4.78 is 27.2. The van der Waals surface area contributed by atoms with E-state index in [9.17, 15) is 13.2 Å². The van der Waals surface area contributed by atoms with Gasteiger partial charge in [0.25, 0.3) is 0 Å². The molecule has 0 aromatic carbocycles. The zero-order chi connectivity index (χ0) is 17.3. The number of fused-ring (bicyclic) bond motifs is 2. The molecule has 1 amide bonds. The second-order valence-electron chi connectivity index (χ2n) is 8.53. The summed E-state index contributed by atoms with van der Waals surface area (Å²) in [4.78, 5) is 12.2. The van der Waals surface area contributed by atoms with Crippen molar-refractivity contribution < 1.29 is 13.2 Å². The Kier molecular flexibility index (Phi) is 5.55. The Hall–Kier alpha value is -0.620. The molecule has 0 radical (unpaired) electrons. The molecule has 0 aromatic rings. The molecule has 5 nitrogen and oxygen atoms in total. The number of nitrogens with one attached hydrogen (secondary N) is 2. The highest BCUT2D eigenvalue weighted by molar-refractivity contribution is 7.90. The fraction of sp³-hybridized carbons (Fsp3) is 0.944. The molecule has 6 heteroatoms. The molecule has 4 unspecified atom stereocenters. The van der Waals surface area contributed by atoms with Gasteiger partial charge < -0.3 is 5.32 Å². The maximum Gasteiger partial charge on any atom is 0.236 e. The van der Waals surface area contributed by atoms with Gasteiger partial charge >= 0.3 is 0 Å². The lowest BCUT2D eigenvalue weighted by Crippen LogP contribution is -2.46. The quantitative estimate of drug-likeness (QED) is 0.767. The molecule has 0 saturated heterocycles. The maximum atomic E-state index is 12.2. The third kappa shape index (κ3) is 4.51. The van der Waals surface area contributed by atoms with Crippen LogP contribution in [0.1, 0.15) is 65.2 Å². The minimum absolute atomic E-state index is 0.00184. The van der Waals surface area contributed by atoms with E-state index in [-0.39, 0.29) is 18.0 Å². The molecule has 0 aromatic heterocycles. The summed E-state index contributed by atoms with van der Waals surface area (Å²) in [7, 11) is -3.54. The Labute approximate surface area is 146 Å². The summed E-state index contributed by atoms with van der Waals surface area (Å²) in [5.74, 6) is 1.97. The molecular formula is C18H32N2O3S. The summed E-state index contributed by atoms with van der Waals surface area (Å²) in [5.41, 5.74) is 0. The Bertz CT molecular complexity index is 555. The third-order valence-electron chi connectivity index (χ3n) is 6.51. The number of hydrogen-bond acceptors (Lipinski definition) is 3. The van der Waals surface area contributed by atoms with Crippen molar-refractivity contribution in [1.29, 1.82) is 0 Å². The minimum Gasteiger partial charge on any atom is -0.352 e. The highest BCUT2D eigenvalue weighted by Crippen LogP contribution is 2.49. The van der Waals surface area contributed by atoms with E-state index < -0.39 is 15.8 Å². The molecule has 4 atom stereocenters. The number of rotatable bonds is 6. The van der Waals surface area contributed by atoms with Gasteiger partial charge in [0.1, 0.15) is 5.75 Å². The van der Waals surface area contributed by atoms with Gasteiger partial charge in [-0.25, -0.2) is 13.1 Å². The zero-order valence-electron chi connectivity index (χ0n) is 15.0. The Morgan fingerprint density at radius 1 is 1.08 bits per heavy atom. The smallest absolute Gasteiger partial charge is 0.236 e. The van der Waals surface area contributed by atoms with Crippen LogP contribution in [-0.4, -0.2) is 32.2 Å². The number of carbonyl (C=O) groups excluding carboxylic acids is 1. The largest absolute Gasteiger partial charge is 0.352 e. The summed E-state index contributed by atoms with van der Waals surface area (Å²) >= 11 is 0. The maximum absolute atomic E-state index is 12.2. The molecule has 3 fully saturated rings. The van der Waals surface area contributed by atoms with Gasteiger partial charge in [0.15, 0.2) is 0 Å². The summed E-state index contributed by atoms with van der Waals surface area (Å²) in [6.45, 7) is 4.24. The number of amides is 1. The molecule has 0 heterocycles. The first-order valence-corrected chi connectivity index (χ1v) is 11.3. The third-order valence-corrected chi connectivity index (χ3v) is 7.84. The molecule has 0 spiro atoms. The average molecular weight is 357 g/mol. The van der Waals surface area contributed by atoms with Crippen LogP contribution in [-0.2, 0) is 14.8 Å². The van der Waals surface area contributed by atoms with E-state index in [2.05, 4.69) is 17.0 Å². The molecular weight excluding hydrogens is 324 g/mol. The van der Waals surface area contributed by atoms with E-state index >= 15 is 0 Å². The first kappa shape index (κ1) is 18.2. The highest BCUT2D eigenvalue weighted by atomic mass is 32.2. The molecule has 2 bridgehead atoms. The number of sulfonamides is 1. The van der Waals surface area contributed by atoms with Crippen molar-refractivity contribution in [3.8, 4) is 0 Å². The fourth-order valence-electron chi connectivity index (χ4n) is 5.16. The van der Waals surface area contributed by atoms with Gasteiger partial charge in [-0.05, 0) is 75.5 Å². The van der Waals surface area contributed by atoms with Gasteiger partial charge in [-0.15, -0.1) is 0 Å². The second kappa shape index (κ2) is 7.32. The molecule has 3 aliphatic carbocycles. The Balaban J connectivity index is 1.45. The van der Waals surface area contributed by atoms with Crippen LogP contribution >= 0.6 is 0 Å². The van der Waals surface area contributed by atoms with E-state index in [1.807, 2.05) is 6.92 Å². The van der Waals surface area contributed by atoms with Crippen LogP contribution in [0.25, 0.3) is 0 Å². The normalized spacial score (nSPS) is 37.3. The summed E-state index contributed by atoms with van der Waals surface area (Å²) in [6, 6.07) is 0.0838. The molecule has 24 heavy (non-hydrogen) atoms. The first-order chi connectivity index (χ1) is 11.3. The van der Waals surface area contributed by atoms with Crippen molar-refractivity contribution in [1.82, 2.24) is 10.0 Å². The summed E-state index contributed by atoms with van der Waals surface area (Å²) in [6.07, 6.45) is 8.96. The molecule has 0 aliphatic heterocycles. The summed E-state index contributed by atoms with van der Waals surface area (Å²) in [5, 5.41) is 2.95. The lowest BCUT2D eigenvalue weighted by atomic mass is 9.84. The molecule has 3 aliphatic rings. The predicted molar refractivity (Wildman–Crippen MR) is 94.9 cm³/mol. The van der Waals surface area contributed by atoms with Crippen LogP contribution in [0.4, 0.5) is 0 Å². The highest BCUT2D eigenvalue weighted by Gasteiger charge is 2.42. The first-order valence-electron chi connectivity index (χ1n) is 9.62. The molecule has 3 rings (SSSR count). The van der Waals surface area contributed by atoms with E-state index in [4.69, 9.17) is 0 Å². The fourth-order valence-corrected chi connectivity index (χ4v) is 6.41. The van der Waals surface area contributed by atoms with Crippen molar-refractivity contribution in [2.24, 2.45) is 23.7 Å². The van der Waals surface area contributed by atoms with Gasteiger partial charge in [0.05, 0.1) is 0 Å². The van der Waals surface area contributed by atoms with E-state index in [1.54, 1.807) is 0 Å². The second-order valence-corrected chi connectivity index (χ2v) is 10.3. The molecule has 3 saturated carbocycles. The van der Waals surface area contributed by atoms with E-state index in [0.29, 0.717) is 11.8 Å². The number of carbonyl (C=O) groups is 1. The van der Waals surface area contributed by atoms with Crippen LogP contribution in [0.15, 0.2) is 0 Å². The minimum atomic E-state index is -3.54. The van der Waals surface area contributed by atoms with Gasteiger partial charge in [0.2, 0.25) is 15.9 Å². The average Bonchev–Trinajstić information content (AvgIpc) is 3.11. The van der Waals surface area contributed by atoms with Crippen molar-refractivity contribution >= 4 is 15.9 Å². The van der Waals surface area contributed by atoms with Crippen LogP contribution in [0.5, 0.6) is 0 Å².